The summed E-state index contributed by atoms with van der Waals surface area (Å²) in [5, 5.41) is 3.43. The first-order valence-electron chi connectivity index (χ1n) is 7.00. The molecule has 2 rings (SSSR count). The van der Waals surface area contributed by atoms with Gasteiger partial charge in [0.1, 0.15) is 0 Å². The van der Waals surface area contributed by atoms with Crippen molar-refractivity contribution in [1.82, 2.24) is 15.1 Å². The number of carbonyl (C=O) groups is 2. The summed E-state index contributed by atoms with van der Waals surface area (Å²) in [5.74, 6) is -0.0435. The van der Waals surface area contributed by atoms with E-state index in [4.69, 9.17) is 11.6 Å². The number of carbonyl (C=O) groups excluding carboxylic acids is 2. The van der Waals surface area contributed by atoms with Crippen LogP contribution in [0.3, 0.4) is 0 Å². The second-order valence-electron chi connectivity index (χ2n) is 5.39. The molecule has 1 heterocycles. The minimum Gasteiger partial charge on any atom is -0.338 e. The van der Waals surface area contributed by atoms with E-state index in [9.17, 15) is 9.59 Å². The predicted molar refractivity (Wildman–Crippen MR) is 82.6 cm³/mol. The summed E-state index contributed by atoms with van der Waals surface area (Å²) in [5.41, 5.74) is 0.537. The quantitative estimate of drug-likeness (QED) is 0.910. The van der Waals surface area contributed by atoms with Crippen molar-refractivity contribution < 1.29 is 9.59 Å². The van der Waals surface area contributed by atoms with Gasteiger partial charge in [-0.25, -0.2) is 4.79 Å². The van der Waals surface area contributed by atoms with Crippen LogP contribution < -0.4 is 5.32 Å². The summed E-state index contributed by atoms with van der Waals surface area (Å²) >= 11 is 6.06. The normalized spacial score (nSPS) is 15.7. The highest BCUT2D eigenvalue weighted by atomic mass is 35.5. The first-order chi connectivity index (χ1) is 9.99. The van der Waals surface area contributed by atoms with Gasteiger partial charge in [0.25, 0.3) is 5.91 Å². The SMILES string of the molecule is CN(C)C(=O)NC1CCN(C(=O)c2ccccc2Cl)CC1. The van der Waals surface area contributed by atoms with Gasteiger partial charge in [-0.15, -0.1) is 0 Å². The molecule has 1 aliphatic heterocycles. The molecular weight excluding hydrogens is 290 g/mol. The van der Waals surface area contributed by atoms with Gasteiger partial charge in [-0.3, -0.25) is 4.79 Å². The number of amides is 3. The Kier molecular flexibility index (Phi) is 5.07. The summed E-state index contributed by atoms with van der Waals surface area (Å²) in [4.78, 5) is 27.3. The van der Waals surface area contributed by atoms with Crippen LogP contribution in [0.25, 0.3) is 0 Å². The van der Waals surface area contributed by atoms with E-state index in [-0.39, 0.29) is 18.0 Å². The Morgan fingerprint density at radius 2 is 1.86 bits per heavy atom. The molecule has 5 nitrogen and oxygen atoms in total. The number of hydrogen-bond acceptors (Lipinski definition) is 2. The third kappa shape index (κ3) is 3.88. The molecule has 1 saturated heterocycles. The number of piperidine rings is 1. The van der Waals surface area contributed by atoms with Crippen molar-refractivity contribution >= 4 is 23.5 Å². The predicted octanol–water partition coefficient (Wildman–Crippen LogP) is 2.22. The monoisotopic (exact) mass is 309 g/mol. The second kappa shape index (κ2) is 6.80. The van der Waals surface area contributed by atoms with E-state index < -0.39 is 0 Å². The Balaban J connectivity index is 1.91. The number of rotatable bonds is 2. The fourth-order valence-corrected chi connectivity index (χ4v) is 2.55. The molecule has 0 spiro atoms. The van der Waals surface area contributed by atoms with Crippen molar-refractivity contribution in [3.63, 3.8) is 0 Å². The molecule has 0 radical (unpaired) electrons. The lowest BCUT2D eigenvalue weighted by Gasteiger charge is -2.33. The van der Waals surface area contributed by atoms with Crippen LogP contribution in [0.1, 0.15) is 23.2 Å². The molecule has 0 atom stereocenters. The molecule has 0 saturated carbocycles. The first-order valence-corrected chi connectivity index (χ1v) is 7.38. The van der Waals surface area contributed by atoms with Crippen molar-refractivity contribution in [1.29, 1.82) is 0 Å². The van der Waals surface area contributed by atoms with Gasteiger partial charge in [0, 0.05) is 33.2 Å². The average Bonchev–Trinajstić information content (AvgIpc) is 2.47. The van der Waals surface area contributed by atoms with E-state index in [1.54, 1.807) is 31.1 Å². The van der Waals surface area contributed by atoms with Crippen molar-refractivity contribution in [2.24, 2.45) is 0 Å². The van der Waals surface area contributed by atoms with Crippen LogP contribution in [-0.4, -0.2) is 55.0 Å². The number of halogens is 1. The van der Waals surface area contributed by atoms with E-state index in [2.05, 4.69) is 5.32 Å². The number of likely N-dealkylation sites (tertiary alicyclic amines) is 1. The van der Waals surface area contributed by atoms with Gasteiger partial charge in [-0.05, 0) is 25.0 Å². The number of benzene rings is 1. The molecule has 0 aromatic heterocycles. The standard InChI is InChI=1S/C15H20ClN3O2/c1-18(2)15(21)17-11-7-9-19(10-8-11)14(20)12-5-3-4-6-13(12)16/h3-6,11H,7-10H2,1-2H3,(H,17,21). The summed E-state index contributed by atoms with van der Waals surface area (Å²) in [6.45, 7) is 1.25. The van der Waals surface area contributed by atoms with Gasteiger partial charge in [-0.2, -0.15) is 0 Å². The van der Waals surface area contributed by atoms with Crippen molar-refractivity contribution in [3.05, 3.63) is 34.9 Å². The summed E-state index contributed by atoms with van der Waals surface area (Å²) in [6.07, 6.45) is 1.52. The summed E-state index contributed by atoms with van der Waals surface area (Å²) in [7, 11) is 3.43. The van der Waals surface area contributed by atoms with Crippen molar-refractivity contribution in [2.75, 3.05) is 27.2 Å². The minimum absolute atomic E-state index is 0.0435. The molecule has 0 aliphatic carbocycles. The fraction of sp³-hybridized carbons (Fsp3) is 0.467. The minimum atomic E-state index is -0.0918. The maximum atomic E-state index is 12.4. The topological polar surface area (TPSA) is 52.7 Å². The van der Waals surface area contributed by atoms with E-state index in [1.807, 2.05) is 12.1 Å². The molecule has 21 heavy (non-hydrogen) atoms. The lowest BCUT2D eigenvalue weighted by atomic mass is 10.0. The number of nitrogens with zero attached hydrogens (tertiary/aromatic N) is 2. The van der Waals surface area contributed by atoms with Crippen LogP contribution in [0.5, 0.6) is 0 Å². The maximum Gasteiger partial charge on any atom is 0.317 e. The lowest BCUT2D eigenvalue weighted by Crippen LogP contribution is -2.48. The Morgan fingerprint density at radius 3 is 2.43 bits per heavy atom. The molecule has 3 amide bonds. The highest BCUT2D eigenvalue weighted by molar-refractivity contribution is 6.33. The molecule has 0 bridgehead atoms. The Labute approximate surface area is 129 Å². The molecular formula is C15H20ClN3O2. The Morgan fingerprint density at radius 1 is 1.24 bits per heavy atom. The third-order valence-electron chi connectivity index (χ3n) is 3.62. The fourth-order valence-electron chi connectivity index (χ4n) is 2.34. The zero-order valence-corrected chi connectivity index (χ0v) is 13.1. The third-order valence-corrected chi connectivity index (χ3v) is 3.95. The first kappa shape index (κ1) is 15.6. The van der Waals surface area contributed by atoms with Gasteiger partial charge in [-0.1, -0.05) is 23.7 Å². The number of hydrogen-bond donors (Lipinski definition) is 1. The molecule has 0 unspecified atom stereocenters. The molecule has 1 aliphatic rings. The molecule has 1 aromatic rings. The Hall–Kier alpha value is -1.75. The largest absolute Gasteiger partial charge is 0.338 e. The van der Waals surface area contributed by atoms with Crippen LogP contribution in [0.4, 0.5) is 4.79 Å². The van der Waals surface area contributed by atoms with Crippen molar-refractivity contribution in [2.45, 2.75) is 18.9 Å². The smallest absolute Gasteiger partial charge is 0.317 e. The van der Waals surface area contributed by atoms with E-state index in [1.165, 1.54) is 4.90 Å². The number of nitrogens with one attached hydrogen (secondary N) is 1. The maximum absolute atomic E-state index is 12.4. The zero-order chi connectivity index (χ0) is 15.4. The van der Waals surface area contributed by atoms with Crippen LogP contribution in [0.2, 0.25) is 5.02 Å². The number of urea groups is 1. The van der Waals surface area contributed by atoms with Crippen molar-refractivity contribution in [3.8, 4) is 0 Å². The molecule has 1 aromatic carbocycles. The average molecular weight is 310 g/mol. The van der Waals surface area contributed by atoms with Gasteiger partial charge in [0.2, 0.25) is 0 Å². The van der Waals surface area contributed by atoms with Crippen LogP contribution in [0.15, 0.2) is 24.3 Å². The van der Waals surface area contributed by atoms with Gasteiger partial charge >= 0.3 is 6.03 Å². The molecule has 1 N–H and O–H groups in total. The molecule has 114 valence electrons. The summed E-state index contributed by atoms with van der Waals surface area (Å²) < 4.78 is 0. The summed E-state index contributed by atoms with van der Waals surface area (Å²) in [6, 6.07) is 7.11. The van der Waals surface area contributed by atoms with Crippen LogP contribution >= 0.6 is 11.6 Å². The Bertz CT molecular complexity index is 525. The molecule has 6 heteroatoms. The van der Waals surface area contributed by atoms with Crippen LogP contribution in [-0.2, 0) is 0 Å². The highest BCUT2D eigenvalue weighted by Gasteiger charge is 2.25. The van der Waals surface area contributed by atoms with Crippen LogP contribution in [0, 0.1) is 0 Å². The van der Waals surface area contributed by atoms with E-state index in [0.29, 0.717) is 23.7 Å². The molecule has 1 fully saturated rings. The second-order valence-corrected chi connectivity index (χ2v) is 5.80. The van der Waals surface area contributed by atoms with Gasteiger partial charge in [0.15, 0.2) is 0 Å². The highest BCUT2D eigenvalue weighted by Crippen LogP contribution is 2.20. The zero-order valence-electron chi connectivity index (χ0n) is 12.3. The van der Waals surface area contributed by atoms with Gasteiger partial charge < -0.3 is 15.1 Å². The van der Waals surface area contributed by atoms with Gasteiger partial charge in [0.05, 0.1) is 10.6 Å². The van der Waals surface area contributed by atoms with E-state index >= 15 is 0 Å². The lowest BCUT2D eigenvalue weighted by molar-refractivity contribution is 0.0707. The van der Waals surface area contributed by atoms with E-state index in [0.717, 1.165) is 12.8 Å².